The molecule has 0 radical (unpaired) electrons. The van der Waals surface area contributed by atoms with Gasteiger partial charge in [0.25, 0.3) is 0 Å². The second-order valence-electron chi connectivity index (χ2n) is 9.66. The van der Waals surface area contributed by atoms with E-state index in [1.165, 1.54) is 4.57 Å². The first-order valence-electron chi connectivity index (χ1n) is 12.5. The van der Waals surface area contributed by atoms with Gasteiger partial charge in [-0.3, -0.25) is 23.7 Å². The van der Waals surface area contributed by atoms with Crippen LogP contribution in [0.25, 0.3) is 0 Å². The van der Waals surface area contributed by atoms with Gasteiger partial charge in [-0.05, 0) is 54.4 Å². The van der Waals surface area contributed by atoms with Crippen molar-refractivity contribution < 1.29 is 14.4 Å². The first-order chi connectivity index (χ1) is 19.7. The average Bonchev–Trinajstić information content (AvgIpc) is 3.38. The predicted molar refractivity (Wildman–Crippen MR) is 164 cm³/mol. The van der Waals surface area contributed by atoms with Gasteiger partial charge in [0.2, 0.25) is 17.7 Å². The minimum Gasteiger partial charge on any atom is -0.324 e. The van der Waals surface area contributed by atoms with Gasteiger partial charge in [-0.1, -0.05) is 88.2 Å². The molecule has 0 aliphatic carbocycles. The van der Waals surface area contributed by atoms with E-state index in [9.17, 15) is 19.2 Å². The van der Waals surface area contributed by atoms with Gasteiger partial charge in [0.1, 0.15) is 11.8 Å². The number of anilines is 2. The van der Waals surface area contributed by atoms with Crippen molar-refractivity contribution in [1.29, 1.82) is 0 Å². The van der Waals surface area contributed by atoms with Crippen LogP contribution in [0.5, 0.6) is 0 Å². The number of thioether (sulfide) groups is 1. The minimum absolute atomic E-state index is 0.241. The highest BCUT2D eigenvalue weighted by molar-refractivity contribution is 8.00. The Hall–Kier alpha value is -3.08. The monoisotopic (exact) mass is 643 g/mol. The number of aromatic nitrogens is 1. The number of para-hydroxylation sites is 1. The van der Waals surface area contributed by atoms with Crippen molar-refractivity contribution in [1.82, 2.24) is 4.57 Å². The van der Waals surface area contributed by atoms with Crippen LogP contribution in [0.4, 0.5) is 11.4 Å². The number of benzene rings is 3. The summed E-state index contributed by atoms with van der Waals surface area (Å²) in [7, 11) is 0. The van der Waals surface area contributed by atoms with E-state index in [4.69, 9.17) is 34.8 Å². The molecule has 1 saturated heterocycles. The zero-order valence-corrected chi connectivity index (χ0v) is 25.2. The van der Waals surface area contributed by atoms with Gasteiger partial charge >= 0.3 is 4.87 Å². The Balaban J connectivity index is 1.44. The maximum Gasteiger partial charge on any atom is 0.308 e. The van der Waals surface area contributed by atoms with Gasteiger partial charge in [0.05, 0.1) is 26.7 Å². The van der Waals surface area contributed by atoms with Gasteiger partial charge in [-0.25, -0.2) is 4.90 Å². The molecule has 2 aliphatic rings. The second kappa shape index (κ2) is 11.0. The lowest BCUT2D eigenvalue weighted by molar-refractivity contribution is -0.122. The molecule has 1 aromatic heterocycles. The molecular weight excluding hydrogens is 625 g/mol. The molecule has 4 aromatic rings. The molecule has 208 valence electrons. The third-order valence-electron chi connectivity index (χ3n) is 7.17. The lowest BCUT2D eigenvalue weighted by atomic mass is 9.83. The summed E-state index contributed by atoms with van der Waals surface area (Å²) in [5, 5.41) is 3.46. The van der Waals surface area contributed by atoms with Crippen molar-refractivity contribution in [3.63, 3.8) is 0 Å². The molecular formula is C29H20Cl3N3O4S2. The van der Waals surface area contributed by atoms with Crippen LogP contribution in [-0.2, 0) is 20.9 Å². The summed E-state index contributed by atoms with van der Waals surface area (Å²) in [6.07, 6.45) is 0. The summed E-state index contributed by atoms with van der Waals surface area (Å²) in [6.45, 7) is 1.61. The molecule has 1 N–H and O–H groups in total. The lowest BCUT2D eigenvalue weighted by Gasteiger charge is -2.31. The average molecular weight is 645 g/mol. The lowest BCUT2D eigenvalue weighted by Crippen LogP contribution is -2.33. The third kappa shape index (κ3) is 4.89. The number of nitrogens with zero attached hydrogens (tertiary/aromatic N) is 2. The number of carbonyl (C=O) groups is 3. The number of halogens is 3. The number of rotatable bonds is 5. The molecule has 3 aromatic carbocycles. The highest BCUT2D eigenvalue weighted by Gasteiger charge is 2.57. The van der Waals surface area contributed by atoms with E-state index < -0.39 is 34.8 Å². The molecule has 6 rings (SSSR count). The summed E-state index contributed by atoms with van der Waals surface area (Å²) >= 11 is 21.2. The molecule has 7 nitrogen and oxygen atoms in total. The van der Waals surface area contributed by atoms with Crippen LogP contribution < -0.4 is 15.1 Å². The topological polar surface area (TPSA) is 88.5 Å². The Labute approximate surface area is 258 Å². The Morgan fingerprint density at radius 1 is 0.927 bits per heavy atom. The molecule has 41 heavy (non-hydrogen) atoms. The molecule has 3 heterocycles. The molecule has 1 fully saturated rings. The summed E-state index contributed by atoms with van der Waals surface area (Å²) in [5.41, 5.74) is 2.45. The fourth-order valence-electron chi connectivity index (χ4n) is 5.24. The quantitative estimate of drug-likeness (QED) is 0.247. The summed E-state index contributed by atoms with van der Waals surface area (Å²) in [6, 6.07) is 18.9. The number of hydrogen-bond acceptors (Lipinski definition) is 6. The number of imide groups is 1. The second-order valence-corrected chi connectivity index (χ2v) is 13.0. The fraction of sp³-hybridized carbons (Fsp3) is 0.172. The van der Waals surface area contributed by atoms with Crippen molar-refractivity contribution in [2.24, 2.45) is 5.92 Å². The molecule has 0 bridgehead atoms. The van der Waals surface area contributed by atoms with Crippen molar-refractivity contribution in [2.45, 2.75) is 29.7 Å². The number of thiazole rings is 1. The van der Waals surface area contributed by atoms with Crippen LogP contribution in [0.15, 0.2) is 76.6 Å². The maximum atomic E-state index is 14.0. The van der Waals surface area contributed by atoms with Crippen molar-refractivity contribution in [3.8, 4) is 0 Å². The van der Waals surface area contributed by atoms with Gasteiger partial charge in [0, 0.05) is 21.5 Å². The van der Waals surface area contributed by atoms with E-state index in [0.717, 1.165) is 33.6 Å². The van der Waals surface area contributed by atoms with Gasteiger partial charge < -0.3 is 5.32 Å². The van der Waals surface area contributed by atoms with Crippen LogP contribution >= 0.6 is 57.9 Å². The molecule has 0 saturated carbocycles. The van der Waals surface area contributed by atoms with E-state index in [2.05, 4.69) is 5.32 Å². The molecule has 0 spiro atoms. The van der Waals surface area contributed by atoms with Crippen molar-refractivity contribution in [2.75, 3.05) is 10.2 Å². The molecule has 3 atom stereocenters. The molecule has 12 heteroatoms. The Bertz CT molecular complexity index is 1790. The van der Waals surface area contributed by atoms with Crippen LogP contribution in [0, 0.1) is 12.8 Å². The summed E-state index contributed by atoms with van der Waals surface area (Å²) in [4.78, 5) is 55.5. The SMILES string of the molecule is Cc1ccccc1NC(=O)Cn1c2c(sc1=O)[C@@H](c1cccc(Cl)c1Cl)[C@@H]1C(=O)N(c3ccc(Cl)cc3)C(=O)[C@@H]1S2. The Morgan fingerprint density at radius 2 is 1.66 bits per heavy atom. The Kier molecular flexibility index (Phi) is 7.50. The number of aryl methyl sites for hydroxylation is 1. The van der Waals surface area contributed by atoms with Crippen LogP contribution in [-0.4, -0.2) is 27.5 Å². The van der Waals surface area contributed by atoms with Crippen LogP contribution in [0.3, 0.4) is 0 Å². The number of fused-ring (bicyclic) bond motifs is 2. The summed E-state index contributed by atoms with van der Waals surface area (Å²) < 4.78 is 1.36. The largest absolute Gasteiger partial charge is 0.324 e. The van der Waals surface area contributed by atoms with Crippen LogP contribution in [0.2, 0.25) is 15.1 Å². The fourth-order valence-corrected chi connectivity index (χ4v) is 8.56. The smallest absolute Gasteiger partial charge is 0.308 e. The van der Waals surface area contributed by atoms with Crippen molar-refractivity contribution in [3.05, 3.63) is 107 Å². The zero-order valence-electron chi connectivity index (χ0n) is 21.3. The normalized spacial score (nSPS) is 19.7. The van der Waals surface area contributed by atoms with E-state index in [-0.39, 0.29) is 21.5 Å². The summed E-state index contributed by atoms with van der Waals surface area (Å²) in [5.74, 6) is -2.80. The molecule has 2 aliphatic heterocycles. The molecule has 0 unspecified atom stereocenters. The first kappa shape index (κ1) is 28.1. The molecule has 3 amide bonds. The van der Waals surface area contributed by atoms with E-state index in [1.807, 2.05) is 25.1 Å². The number of nitrogens with one attached hydrogen (secondary N) is 1. The van der Waals surface area contributed by atoms with Gasteiger partial charge in [-0.2, -0.15) is 0 Å². The van der Waals surface area contributed by atoms with Gasteiger partial charge in [-0.15, -0.1) is 0 Å². The van der Waals surface area contributed by atoms with E-state index in [0.29, 0.717) is 31.9 Å². The van der Waals surface area contributed by atoms with E-state index in [1.54, 1.807) is 48.5 Å². The highest BCUT2D eigenvalue weighted by atomic mass is 35.5. The van der Waals surface area contributed by atoms with E-state index >= 15 is 0 Å². The standard InChI is InChI=1S/C29H20Cl3N3O4S2/c1-14-5-2-3-8-19(14)33-20(36)13-34-28-25(41-29(34)39)21(17-6-4-7-18(31)23(17)32)22-24(40-28)27(38)35(26(22)37)16-11-9-15(30)10-12-16/h2-12,21-22,24H,13H2,1H3,(H,33,36)/t21-,22-,24+/m0/s1. The number of amides is 3. The van der Waals surface area contributed by atoms with Crippen molar-refractivity contribution >= 4 is 87.0 Å². The zero-order chi connectivity index (χ0) is 29.0. The number of carbonyl (C=O) groups excluding carboxylic acids is 3. The number of hydrogen-bond donors (Lipinski definition) is 1. The predicted octanol–water partition coefficient (Wildman–Crippen LogP) is 6.61. The van der Waals surface area contributed by atoms with Gasteiger partial charge in [0.15, 0.2) is 0 Å². The minimum atomic E-state index is -0.856. The third-order valence-corrected chi connectivity index (χ3v) is 10.9. The Morgan fingerprint density at radius 3 is 2.39 bits per heavy atom. The maximum absolute atomic E-state index is 14.0. The van der Waals surface area contributed by atoms with Crippen LogP contribution in [0.1, 0.15) is 21.9 Å². The highest BCUT2D eigenvalue weighted by Crippen LogP contribution is 2.55. The first-order valence-corrected chi connectivity index (χ1v) is 15.3.